The molecule has 1 aromatic rings. The summed E-state index contributed by atoms with van der Waals surface area (Å²) in [6.45, 7) is 2.74. The second-order valence-electron chi connectivity index (χ2n) is 3.24. The van der Waals surface area contributed by atoms with E-state index in [2.05, 4.69) is 25.0 Å². The first-order valence-corrected chi connectivity index (χ1v) is 4.95. The maximum atomic E-state index is 5.68. The van der Waals surface area contributed by atoms with E-state index in [0.717, 1.165) is 6.42 Å². The van der Waals surface area contributed by atoms with Gasteiger partial charge in [-0.2, -0.15) is 0 Å². The van der Waals surface area contributed by atoms with E-state index >= 15 is 0 Å². The van der Waals surface area contributed by atoms with Crippen LogP contribution in [-0.4, -0.2) is 6.10 Å². The molecule has 0 radical (unpaired) electrons. The Hall–Kier alpha value is -1.26. The lowest BCUT2D eigenvalue weighted by Gasteiger charge is -2.12. The minimum Gasteiger partial charge on any atom is -0.373 e. The number of rotatable bonds is 5. The van der Waals surface area contributed by atoms with Gasteiger partial charge in [-0.05, 0) is 12.0 Å². The summed E-state index contributed by atoms with van der Waals surface area (Å²) in [4.78, 5) is 0. The quantitative estimate of drug-likeness (QED) is 0.645. The lowest BCUT2D eigenvalue weighted by molar-refractivity contribution is 0.0417. The molecule has 1 atom stereocenters. The highest BCUT2D eigenvalue weighted by Gasteiger charge is 2.04. The van der Waals surface area contributed by atoms with Gasteiger partial charge < -0.3 is 4.74 Å². The van der Waals surface area contributed by atoms with Gasteiger partial charge in [0.2, 0.25) is 0 Å². The molecule has 0 amide bonds. The van der Waals surface area contributed by atoms with E-state index in [0.29, 0.717) is 13.0 Å². The fourth-order valence-corrected chi connectivity index (χ4v) is 1.24. The number of hydrogen-bond donors (Lipinski definition) is 0. The second kappa shape index (κ2) is 6.23. The number of ether oxygens (including phenoxy) is 1. The summed E-state index contributed by atoms with van der Waals surface area (Å²) in [6.07, 6.45) is 7.11. The minimum absolute atomic E-state index is 0.195. The van der Waals surface area contributed by atoms with Crippen LogP contribution in [0.4, 0.5) is 0 Å². The van der Waals surface area contributed by atoms with Crippen LogP contribution in [-0.2, 0) is 11.3 Å². The third kappa shape index (κ3) is 3.64. The molecule has 1 aromatic carbocycles. The van der Waals surface area contributed by atoms with Crippen molar-refractivity contribution in [2.24, 2.45) is 0 Å². The molecule has 74 valence electrons. The predicted molar refractivity (Wildman–Crippen MR) is 58.8 cm³/mol. The molecule has 0 bridgehead atoms. The van der Waals surface area contributed by atoms with Crippen molar-refractivity contribution in [1.29, 1.82) is 0 Å². The zero-order chi connectivity index (χ0) is 10.2. The Balaban J connectivity index is 2.36. The van der Waals surface area contributed by atoms with Gasteiger partial charge >= 0.3 is 0 Å². The normalized spacial score (nSPS) is 12.0. The first-order chi connectivity index (χ1) is 6.86. The maximum Gasteiger partial charge on any atom is 0.0721 e. The molecule has 0 saturated carbocycles. The van der Waals surface area contributed by atoms with Gasteiger partial charge in [0.1, 0.15) is 0 Å². The zero-order valence-electron chi connectivity index (χ0n) is 8.57. The van der Waals surface area contributed by atoms with Gasteiger partial charge in [0.05, 0.1) is 12.7 Å². The molecule has 0 heterocycles. The molecule has 0 fully saturated rings. The lowest BCUT2D eigenvalue weighted by Crippen LogP contribution is -2.10. The van der Waals surface area contributed by atoms with Gasteiger partial charge in [-0.15, -0.1) is 12.3 Å². The highest BCUT2D eigenvalue weighted by molar-refractivity contribution is 5.13. The second-order valence-corrected chi connectivity index (χ2v) is 3.24. The zero-order valence-corrected chi connectivity index (χ0v) is 8.57. The molecule has 0 aliphatic heterocycles. The van der Waals surface area contributed by atoms with Crippen LogP contribution >= 0.6 is 0 Å². The Labute approximate surface area is 86.1 Å². The average molecular weight is 188 g/mol. The van der Waals surface area contributed by atoms with E-state index in [1.807, 2.05) is 18.2 Å². The monoisotopic (exact) mass is 188 g/mol. The number of benzene rings is 1. The topological polar surface area (TPSA) is 9.23 Å². The van der Waals surface area contributed by atoms with Crippen LogP contribution in [0.1, 0.15) is 25.3 Å². The third-order valence-electron chi connectivity index (χ3n) is 2.13. The number of terminal acetylenes is 1. The molecule has 14 heavy (non-hydrogen) atoms. The average Bonchev–Trinajstić information content (AvgIpc) is 2.25. The van der Waals surface area contributed by atoms with Crippen LogP contribution in [0.3, 0.4) is 0 Å². The van der Waals surface area contributed by atoms with Crippen molar-refractivity contribution in [2.45, 2.75) is 32.5 Å². The van der Waals surface area contributed by atoms with Crippen molar-refractivity contribution in [3.63, 3.8) is 0 Å². The fourth-order valence-electron chi connectivity index (χ4n) is 1.24. The SMILES string of the molecule is C#CCC(CC)OCc1ccccc1. The third-order valence-corrected chi connectivity index (χ3v) is 2.13. The molecule has 1 rings (SSSR count). The van der Waals surface area contributed by atoms with Gasteiger partial charge in [0.15, 0.2) is 0 Å². The Kier molecular flexibility index (Phi) is 4.82. The van der Waals surface area contributed by atoms with Crippen LogP contribution in [0.5, 0.6) is 0 Å². The molecule has 0 aliphatic carbocycles. The standard InChI is InChI=1S/C13H16O/c1-3-8-13(4-2)14-11-12-9-6-5-7-10-12/h1,5-7,9-10,13H,4,8,11H2,2H3. The summed E-state index contributed by atoms with van der Waals surface area (Å²) >= 11 is 0. The summed E-state index contributed by atoms with van der Waals surface area (Å²) in [5.41, 5.74) is 1.20. The molecule has 1 heteroatoms. The van der Waals surface area contributed by atoms with Crippen molar-refractivity contribution >= 4 is 0 Å². The maximum absolute atomic E-state index is 5.68. The van der Waals surface area contributed by atoms with Crippen molar-refractivity contribution in [3.05, 3.63) is 35.9 Å². The van der Waals surface area contributed by atoms with Crippen LogP contribution in [0.2, 0.25) is 0 Å². The molecule has 0 N–H and O–H groups in total. The summed E-state index contributed by atoms with van der Waals surface area (Å²) < 4.78 is 5.68. The van der Waals surface area contributed by atoms with E-state index < -0.39 is 0 Å². The Morgan fingerprint density at radius 2 is 2.07 bits per heavy atom. The van der Waals surface area contributed by atoms with Crippen molar-refractivity contribution in [3.8, 4) is 12.3 Å². The highest BCUT2D eigenvalue weighted by Crippen LogP contribution is 2.07. The van der Waals surface area contributed by atoms with Crippen molar-refractivity contribution < 1.29 is 4.74 Å². The Morgan fingerprint density at radius 1 is 1.36 bits per heavy atom. The molecule has 1 nitrogen and oxygen atoms in total. The van der Waals surface area contributed by atoms with Crippen LogP contribution in [0.15, 0.2) is 30.3 Å². The Morgan fingerprint density at radius 3 is 2.64 bits per heavy atom. The van der Waals surface area contributed by atoms with Crippen molar-refractivity contribution in [1.82, 2.24) is 0 Å². The molecular formula is C13H16O. The lowest BCUT2D eigenvalue weighted by atomic mass is 10.2. The van der Waals surface area contributed by atoms with Crippen LogP contribution in [0, 0.1) is 12.3 Å². The summed E-state index contributed by atoms with van der Waals surface area (Å²) in [5.74, 6) is 2.63. The van der Waals surface area contributed by atoms with E-state index in [1.165, 1.54) is 5.56 Å². The largest absolute Gasteiger partial charge is 0.373 e. The highest BCUT2D eigenvalue weighted by atomic mass is 16.5. The first kappa shape index (κ1) is 10.8. The molecular weight excluding hydrogens is 172 g/mol. The fraction of sp³-hybridized carbons (Fsp3) is 0.385. The first-order valence-electron chi connectivity index (χ1n) is 4.95. The van der Waals surface area contributed by atoms with Gasteiger partial charge in [0, 0.05) is 6.42 Å². The molecule has 1 unspecified atom stereocenters. The molecule has 0 aromatic heterocycles. The van der Waals surface area contributed by atoms with Gasteiger partial charge in [0.25, 0.3) is 0 Å². The van der Waals surface area contributed by atoms with E-state index in [1.54, 1.807) is 0 Å². The van der Waals surface area contributed by atoms with E-state index in [9.17, 15) is 0 Å². The minimum atomic E-state index is 0.195. The van der Waals surface area contributed by atoms with Crippen LogP contribution in [0.25, 0.3) is 0 Å². The predicted octanol–water partition coefficient (Wildman–Crippen LogP) is 3.01. The smallest absolute Gasteiger partial charge is 0.0721 e. The number of hydrogen-bond acceptors (Lipinski definition) is 1. The van der Waals surface area contributed by atoms with Gasteiger partial charge in [-0.25, -0.2) is 0 Å². The van der Waals surface area contributed by atoms with E-state index in [-0.39, 0.29) is 6.10 Å². The van der Waals surface area contributed by atoms with Crippen molar-refractivity contribution in [2.75, 3.05) is 0 Å². The summed E-state index contributed by atoms with van der Waals surface area (Å²) in [5, 5.41) is 0. The van der Waals surface area contributed by atoms with Gasteiger partial charge in [-0.1, -0.05) is 37.3 Å². The summed E-state index contributed by atoms with van der Waals surface area (Å²) in [7, 11) is 0. The molecule has 0 saturated heterocycles. The van der Waals surface area contributed by atoms with Gasteiger partial charge in [-0.3, -0.25) is 0 Å². The Bertz CT molecular complexity index is 284. The summed E-state index contributed by atoms with van der Waals surface area (Å²) in [6, 6.07) is 10.1. The molecule has 0 aliphatic rings. The van der Waals surface area contributed by atoms with Crippen LogP contribution < -0.4 is 0 Å². The molecule has 0 spiro atoms. The van der Waals surface area contributed by atoms with E-state index in [4.69, 9.17) is 11.2 Å².